The van der Waals surface area contributed by atoms with Crippen LogP contribution in [0.15, 0.2) is 6.07 Å². The Labute approximate surface area is 114 Å². The molecule has 1 aromatic rings. The van der Waals surface area contributed by atoms with Gasteiger partial charge in [0.25, 0.3) is 5.91 Å². The predicted molar refractivity (Wildman–Crippen MR) is 68.9 cm³/mol. The van der Waals surface area contributed by atoms with Gasteiger partial charge in [0.2, 0.25) is 0 Å². The summed E-state index contributed by atoms with van der Waals surface area (Å²) < 4.78 is 28.6. The van der Waals surface area contributed by atoms with Crippen LogP contribution in [0.2, 0.25) is 0 Å². The van der Waals surface area contributed by atoms with E-state index in [1.165, 1.54) is 6.07 Å². The highest BCUT2D eigenvalue weighted by atomic mass is 35.5. The second kappa shape index (κ2) is 7.50. The van der Waals surface area contributed by atoms with Crippen molar-refractivity contribution in [2.45, 2.75) is 26.5 Å². The average molecular weight is 301 g/mol. The standard InChI is InChI=1S/C10H14F2N2O2S.ClH/c1-5(4-13)14-9(15)8-7(16-10(11)12)3-6(2)17-8;/h3,5,10H,4,13H2,1-2H3,(H,14,15);1H/t5-;/m0./s1. The molecule has 0 spiro atoms. The molecule has 8 heteroatoms. The van der Waals surface area contributed by atoms with Gasteiger partial charge in [-0.25, -0.2) is 0 Å². The summed E-state index contributed by atoms with van der Waals surface area (Å²) in [5.41, 5.74) is 5.36. The van der Waals surface area contributed by atoms with Crippen LogP contribution < -0.4 is 15.8 Å². The lowest BCUT2D eigenvalue weighted by Crippen LogP contribution is -2.37. The number of nitrogens with two attached hydrogens (primary N) is 1. The summed E-state index contributed by atoms with van der Waals surface area (Å²) in [6, 6.07) is 1.20. The van der Waals surface area contributed by atoms with Crippen LogP contribution in [0.5, 0.6) is 5.75 Å². The predicted octanol–water partition coefficient (Wildman–Crippen LogP) is 2.16. The third-order valence-electron chi connectivity index (χ3n) is 1.97. The molecule has 0 saturated carbocycles. The lowest BCUT2D eigenvalue weighted by atomic mass is 10.3. The second-order valence-electron chi connectivity index (χ2n) is 3.54. The highest BCUT2D eigenvalue weighted by Gasteiger charge is 2.20. The van der Waals surface area contributed by atoms with E-state index in [-0.39, 0.29) is 35.6 Å². The minimum Gasteiger partial charge on any atom is -0.433 e. The Hall–Kier alpha value is -0.920. The molecule has 0 fully saturated rings. The molecule has 0 saturated heterocycles. The Balaban J connectivity index is 0.00000289. The van der Waals surface area contributed by atoms with Crippen molar-refractivity contribution in [3.8, 4) is 5.75 Å². The topological polar surface area (TPSA) is 64.3 Å². The van der Waals surface area contributed by atoms with E-state index in [9.17, 15) is 13.6 Å². The van der Waals surface area contributed by atoms with Crippen LogP contribution in [-0.2, 0) is 0 Å². The SMILES string of the molecule is Cc1cc(OC(F)F)c(C(=O)N[C@@H](C)CN)s1.Cl. The van der Waals surface area contributed by atoms with Gasteiger partial charge in [-0.05, 0) is 19.9 Å². The number of rotatable bonds is 5. The molecule has 18 heavy (non-hydrogen) atoms. The molecule has 1 heterocycles. The van der Waals surface area contributed by atoms with Crippen molar-refractivity contribution >= 4 is 29.7 Å². The molecular formula is C10H15ClF2N2O2S. The number of thiophene rings is 1. The van der Waals surface area contributed by atoms with Gasteiger partial charge in [0, 0.05) is 17.5 Å². The van der Waals surface area contributed by atoms with Gasteiger partial charge in [0.15, 0.2) is 0 Å². The summed E-state index contributed by atoms with van der Waals surface area (Å²) in [4.78, 5) is 12.6. The van der Waals surface area contributed by atoms with E-state index in [1.807, 2.05) is 0 Å². The van der Waals surface area contributed by atoms with Gasteiger partial charge in [-0.3, -0.25) is 4.79 Å². The molecule has 1 rings (SSSR count). The number of nitrogens with one attached hydrogen (secondary N) is 1. The number of carbonyl (C=O) groups is 1. The molecule has 1 atom stereocenters. The monoisotopic (exact) mass is 300 g/mol. The Morgan fingerprint density at radius 3 is 2.72 bits per heavy atom. The first-order chi connectivity index (χ1) is 7.93. The summed E-state index contributed by atoms with van der Waals surface area (Å²) in [5.74, 6) is -0.541. The van der Waals surface area contributed by atoms with Crippen LogP contribution in [0.4, 0.5) is 8.78 Å². The van der Waals surface area contributed by atoms with Crippen LogP contribution in [-0.4, -0.2) is 25.1 Å². The van der Waals surface area contributed by atoms with E-state index in [4.69, 9.17) is 5.73 Å². The molecule has 104 valence electrons. The first kappa shape index (κ1) is 17.1. The normalized spacial score (nSPS) is 11.9. The van der Waals surface area contributed by atoms with Crippen molar-refractivity contribution in [2.24, 2.45) is 5.73 Å². The summed E-state index contributed by atoms with van der Waals surface area (Å²) in [6.07, 6.45) is 0. The fraction of sp³-hybridized carbons (Fsp3) is 0.500. The molecule has 0 bridgehead atoms. The summed E-state index contributed by atoms with van der Waals surface area (Å²) >= 11 is 1.11. The largest absolute Gasteiger partial charge is 0.433 e. The summed E-state index contributed by atoms with van der Waals surface area (Å²) in [7, 11) is 0. The minimum atomic E-state index is -2.94. The zero-order chi connectivity index (χ0) is 13.0. The number of hydrogen-bond acceptors (Lipinski definition) is 4. The zero-order valence-corrected chi connectivity index (χ0v) is 11.5. The van der Waals surface area contributed by atoms with Crippen LogP contribution in [0.3, 0.4) is 0 Å². The Bertz CT molecular complexity index is 401. The van der Waals surface area contributed by atoms with Crippen molar-refractivity contribution in [1.82, 2.24) is 5.32 Å². The maximum absolute atomic E-state index is 12.1. The van der Waals surface area contributed by atoms with Crippen LogP contribution in [0.25, 0.3) is 0 Å². The van der Waals surface area contributed by atoms with Gasteiger partial charge in [-0.15, -0.1) is 23.7 Å². The lowest BCUT2D eigenvalue weighted by molar-refractivity contribution is -0.0498. The molecule has 1 amide bonds. The van der Waals surface area contributed by atoms with Gasteiger partial charge in [-0.2, -0.15) is 8.78 Å². The Kier molecular flexibility index (Phi) is 7.12. The molecular weight excluding hydrogens is 286 g/mol. The molecule has 4 nitrogen and oxygen atoms in total. The van der Waals surface area contributed by atoms with E-state index in [0.717, 1.165) is 16.2 Å². The number of carbonyl (C=O) groups excluding carboxylic acids is 1. The Morgan fingerprint density at radius 2 is 2.22 bits per heavy atom. The van der Waals surface area contributed by atoms with E-state index in [1.54, 1.807) is 13.8 Å². The number of amides is 1. The molecule has 0 radical (unpaired) electrons. The van der Waals surface area contributed by atoms with Crippen molar-refractivity contribution in [3.05, 3.63) is 15.8 Å². The fourth-order valence-electron chi connectivity index (χ4n) is 1.18. The van der Waals surface area contributed by atoms with E-state index < -0.39 is 12.5 Å². The molecule has 0 aromatic carbocycles. The summed E-state index contributed by atoms with van der Waals surface area (Å²) in [5, 5.41) is 2.59. The first-order valence-corrected chi connectivity index (χ1v) is 5.82. The quantitative estimate of drug-likeness (QED) is 0.876. The smallest absolute Gasteiger partial charge is 0.387 e. The third kappa shape index (κ3) is 4.75. The van der Waals surface area contributed by atoms with Crippen molar-refractivity contribution in [3.63, 3.8) is 0 Å². The Morgan fingerprint density at radius 1 is 1.61 bits per heavy atom. The van der Waals surface area contributed by atoms with E-state index >= 15 is 0 Å². The number of halogens is 3. The van der Waals surface area contributed by atoms with Gasteiger partial charge in [0.1, 0.15) is 10.6 Å². The molecule has 0 unspecified atom stereocenters. The number of hydrogen-bond donors (Lipinski definition) is 2. The average Bonchev–Trinajstić information content (AvgIpc) is 2.58. The molecule has 3 N–H and O–H groups in total. The fourth-order valence-corrected chi connectivity index (χ4v) is 2.03. The number of aryl methyl sites for hydroxylation is 1. The van der Waals surface area contributed by atoms with Crippen LogP contribution >= 0.6 is 23.7 Å². The molecule has 0 aliphatic rings. The molecule has 0 aliphatic heterocycles. The number of ether oxygens (including phenoxy) is 1. The highest BCUT2D eigenvalue weighted by Crippen LogP contribution is 2.30. The van der Waals surface area contributed by atoms with E-state index in [0.29, 0.717) is 0 Å². The van der Waals surface area contributed by atoms with Gasteiger partial charge in [0.05, 0.1) is 0 Å². The van der Waals surface area contributed by atoms with Crippen molar-refractivity contribution in [2.75, 3.05) is 6.54 Å². The molecule has 0 aliphatic carbocycles. The maximum Gasteiger partial charge on any atom is 0.387 e. The minimum absolute atomic E-state index is 0. The van der Waals surface area contributed by atoms with Gasteiger partial charge in [-0.1, -0.05) is 0 Å². The highest BCUT2D eigenvalue weighted by molar-refractivity contribution is 7.14. The summed E-state index contributed by atoms with van der Waals surface area (Å²) in [6.45, 7) is 0.779. The van der Waals surface area contributed by atoms with Gasteiger partial charge < -0.3 is 15.8 Å². The third-order valence-corrected chi connectivity index (χ3v) is 3.01. The maximum atomic E-state index is 12.1. The van der Waals surface area contributed by atoms with Crippen LogP contribution in [0, 0.1) is 6.92 Å². The first-order valence-electron chi connectivity index (χ1n) is 5.00. The zero-order valence-electron chi connectivity index (χ0n) is 9.91. The lowest BCUT2D eigenvalue weighted by Gasteiger charge is -2.11. The van der Waals surface area contributed by atoms with Gasteiger partial charge >= 0.3 is 6.61 Å². The second-order valence-corrected chi connectivity index (χ2v) is 4.80. The molecule has 1 aromatic heterocycles. The van der Waals surface area contributed by atoms with Crippen molar-refractivity contribution < 1.29 is 18.3 Å². The van der Waals surface area contributed by atoms with Crippen molar-refractivity contribution in [1.29, 1.82) is 0 Å². The van der Waals surface area contributed by atoms with Crippen LogP contribution in [0.1, 0.15) is 21.5 Å². The number of alkyl halides is 2. The van der Waals surface area contributed by atoms with E-state index in [2.05, 4.69) is 10.1 Å².